The Balaban J connectivity index is 1.48. The second kappa shape index (κ2) is 12.2. The minimum Gasteiger partial charge on any atom is -0.479 e. The Morgan fingerprint density at radius 1 is 0.881 bits per heavy atom. The number of aromatic nitrogens is 1. The molecule has 0 aliphatic carbocycles. The van der Waals surface area contributed by atoms with E-state index >= 15 is 0 Å². The quantitative estimate of drug-likeness (QED) is 0.200. The second-order valence-corrected chi connectivity index (χ2v) is 10.5. The number of piperazine rings is 1. The van der Waals surface area contributed by atoms with Gasteiger partial charge in [0.15, 0.2) is 11.2 Å². The van der Waals surface area contributed by atoms with Crippen LogP contribution in [0.3, 0.4) is 0 Å². The van der Waals surface area contributed by atoms with Crippen LogP contribution in [-0.4, -0.2) is 63.3 Å². The number of aliphatic carboxylic acids is 1. The number of likely N-dealkylation sites (N-methyl/N-ethyl adjacent to an activating group) is 1. The molecule has 1 fully saturated rings. The van der Waals surface area contributed by atoms with E-state index < -0.39 is 35.4 Å². The summed E-state index contributed by atoms with van der Waals surface area (Å²) in [6.07, 6.45) is 0. The summed E-state index contributed by atoms with van der Waals surface area (Å²) in [5, 5.41) is 17.9. The van der Waals surface area contributed by atoms with Gasteiger partial charge in [0, 0.05) is 25.0 Å². The van der Waals surface area contributed by atoms with Crippen molar-refractivity contribution in [3.8, 4) is 0 Å². The molecule has 42 heavy (non-hydrogen) atoms. The zero-order chi connectivity index (χ0) is 29.7. The van der Waals surface area contributed by atoms with Crippen molar-refractivity contribution < 1.29 is 24.3 Å². The SMILES string of the molecule is CCN1CCN(C(=O)NC(C(=O)O)c2csc(NC(c3ccccc3)(c3ccccc3)c3ccccc3)n2)C(=O)C1=O. The molecule has 1 atom stereocenters. The maximum atomic E-state index is 12.9. The van der Waals surface area contributed by atoms with Crippen LogP contribution >= 0.6 is 11.3 Å². The number of carbonyl (C=O) groups is 4. The third-order valence-corrected chi connectivity index (χ3v) is 7.96. The van der Waals surface area contributed by atoms with E-state index in [4.69, 9.17) is 0 Å². The van der Waals surface area contributed by atoms with Crippen LogP contribution in [0.25, 0.3) is 0 Å². The minimum absolute atomic E-state index is 0.0335. The summed E-state index contributed by atoms with van der Waals surface area (Å²) in [6, 6.07) is 27.1. The summed E-state index contributed by atoms with van der Waals surface area (Å²) < 4.78 is 0. The van der Waals surface area contributed by atoms with Crippen molar-refractivity contribution in [2.75, 3.05) is 25.0 Å². The number of benzene rings is 3. The number of hydrogen-bond acceptors (Lipinski definition) is 7. The average molecular weight is 584 g/mol. The molecule has 11 heteroatoms. The van der Waals surface area contributed by atoms with Crippen molar-refractivity contribution in [2.45, 2.75) is 18.5 Å². The molecule has 0 bridgehead atoms. The second-order valence-electron chi connectivity index (χ2n) is 9.61. The van der Waals surface area contributed by atoms with Crippen molar-refractivity contribution in [1.29, 1.82) is 0 Å². The molecule has 4 amide bonds. The molecular weight excluding hydrogens is 554 g/mol. The van der Waals surface area contributed by atoms with Crippen LogP contribution in [0.2, 0.25) is 0 Å². The van der Waals surface area contributed by atoms with Crippen molar-refractivity contribution in [3.05, 3.63) is 119 Å². The highest BCUT2D eigenvalue weighted by Crippen LogP contribution is 2.40. The molecule has 1 unspecified atom stereocenters. The molecule has 5 rings (SSSR count). The average Bonchev–Trinajstić information content (AvgIpc) is 3.49. The molecule has 0 saturated carbocycles. The van der Waals surface area contributed by atoms with Crippen molar-refractivity contribution in [1.82, 2.24) is 20.1 Å². The fourth-order valence-electron chi connectivity index (χ4n) is 5.05. The van der Waals surface area contributed by atoms with Gasteiger partial charge in [0.05, 0.1) is 5.69 Å². The van der Waals surface area contributed by atoms with E-state index in [1.807, 2.05) is 91.0 Å². The number of hydrogen-bond donors (Lipinski definition) is 3. The number of carboxylic acid groups (broad SMARTS) is 1. The summed E-state index contributed by atoms with van der Waals surface area (Å²) in [5.41, 5.74) is 2.02. The van der Waals surface area contributed by atoms with Gasteiger partial charge < -0.3 is 20.6 Å². The van der Waals surface area contributed by atoms with Gasteiger partial charge >= 0.3 is 23.8 Å². The van der Waals surface area contributed by atoms with E-state index in [0.29, 0.717) is 11.7 Å². The summed E-state index contributed by atoms with van der Waals surface area (Å²) in [4.78, 5) is 56.6. The normalized spacial score (nSPS) is 14.4. The van der Waals surface area contributed by atoms with Crippen molar-refractivity contribution in [3.63, 3.8) is 0 Å². The molecule has 0 spiro atoms. The molecule has 3 aromatic carbocycles. The fourth-order valence-corrected chi connectivity index (χ4v) is 5.84. The van der Waals surface area contributed by atoms with Crippen LogP contribution in [0.1, 0.15) is 35.3 Å². The lowest BCUT2D eigenvalue weighted by atomic mass is 9.77. The summed E-state index contributed by atoms with van der Waals surface area (Å²) in [7, 11) is 0. The molecule has 3 N–H and O–H groups in total. The highest BCUT2D eigenvalue weighted by Gasteiger charge is 2.39. The highest BCUT2D eigenvalue weighted by atomic mass is 32.1. The van der Waals surface area contributed by atoms with E-state index in [1.54, 1.807) is 12.3 Å². The van der Waals surface area contributed by atoms with Crippen LogP contribution in [0, 0.1) is 0 Å². The molecule has 2 heterocycles. The van der Waals surface area contributed by atoms with Gasteiger partial charge in [-0.05, 0) is 23.6 Å². The van der Waals surface area contributed by atoms with Gasteiger partial charge in [-0.15, -0.1) is 11.3 Å². The first-order valence-corrected chi connectivity index (χ1v) is 14.3. The van der Waals surface area contributed by atoms with Crippen LogP contribution in [0.15, 0.2) is 96.4 Å². The van der Waals surface area contributed by atoms with Crippen LogP contribution in [-0.2, 0) is 19.9 Å². The first-order chi connectivity index (χ1) is 20.3. The molecule has 10 nitrogen and oxygen atoms in total. The Hall–Kier alpha value is -5.03. The smallest absolute Gasteiger partial charge is 0.332 e. The molecule has 1 aliphatic heterocycles. The zero-order valence-electron chi connectivity index (χ0n) is 22.8. The van der Waals surface area contributed by atoms with Crippen LogP contribution < -0.4 is 10.6 Å². The number of carboxylic acids is 1. The Morgan fingerprint density at radius 3 is 1.88 bits per heavy atom. The number of amides is 4. The standard InChI is InChI=1S/C31H29N5O5S/c1-2-35-18-19-36(27(38)26(35)37)30(41)33-25(28(39)40)24-20-42-29(32-24)34-31(21-12-6-3-7-13-21,22-14-8-4-9-15-22)23-16-10-5-11-17-23/h3-17,20,25H,2,18-19H2,1H3,(H,32,34)(H,33,41)(H,39,40). The Bertz CT molecular complexity index is 1480. The van der Waals surface area contributed by atoms with E-state index in [9.17, 15) is 24.3 Å². The largest absolute Gasteiger partial charge is 0.479 e. The van der Waals surface area contributed by atoms with Gasteiger partial charge in [-0.1, -0.05) is 91.0 Å². The molecular formula is C31H29N5O5S. The number of rotatable bonds is 9. The van der Waals surface area contributed by atoms with Crippen molar-refractivity contribution >= 4 is 40.3 Å². The minimum atomic E-state index is -1.55. The number of urea groups is 1. The topological polar surface area (TPSA) is 132 Å². The van der Waals surface area contributed by atoms with Gasteiger partial charge in [0.2, 0.25) is 0 Å². The zero-order valence-corrected chi connectivity index (χ0v) is 23.6. The van der Waals surface area contributed by atoms with E-state index in [-0.39, 0.29) is 18.8 Å². The highest BCUT2D eigenvalue weighted by molar-refractivity contribution is 7.13. The lowest BCUT2D eigenvalue weighted by molar-refractivity contribution is -0.153. The molecule has 1 aromatic heterocycles. The molecule has 4 aromatic rings. The monoisotopic (exact) mass is 583 g/mol. The summed E-state index contributed by atoms with van der Waals surface area (Å²) in [6.45, 7) is 2.21. The lowest BCUT2D eigenvalue weighted by Crippen LogP contribution is -2.58. The fraction of sp³-hybridized carbons (Fsp3) is 0.194. The van der Waals surface area contributed by atoms with E-state index in [0.717, 1.165) is 21.6 Å². The maximum Gasteiger partial charge on any atom is 0.332 e. The number of anilines is 1. The Labute approximate surface area is 246 Å². The van der Waals surface area contributed by atoms with Gasteiger partial charge in [0.25, 0.3) is 0 Å². The molecule has 0 radical (unpaired) electrons. The molecule has 1 saturated heterocycles. The number of nitrogens with one attached hydrogen (secondary N) is 2. The van der Waals surface area contributed by atoms with Gasteiger partial charge in [-0.3, -0.25) is 14.5 Å². The third kappa shape index (κ3) is 5.46. The lowest BCUT2D eigenvalue weighted by Gasteiger charge is -2.36. The van der Waals surface area contributed by atoms with Crippen LogP contribution in [0.5, 0.6) is 0 Å². The number of nitrogens with zero attached hydrogens (tertiary/aromatic N) is 3. The number of imide groups is 1. The van der Waals surface area contributed by atoms with Gasteiger partial charge in [-0.2, -0.15) is 0 Å². The van der Waals surface area contributed by atoms with Gasteiger partial charge in [-0.25, -0.2) is 14.6 Å². The summed E-state index contributed by atoms with van der Waals surface area (Å²) >= 11 is 1.19. The maximum absolute atomic E-state index is 12.9. The Morgan fingerprint density at radius 2 is 1.40 bits per heavy atom. The Kier molecular flexibility index (Phi) is 8.30. The molecule has 1 aliphatic rings. The summed E-state index contributed by atoms with van der Waals surface area (Å²) in [5.74, 6) is -3.15. The molecule has 214 valence electrons. The first-order valence-electron chi connectivity index (χ1n) is 13.4. The predicted molar refractivity (Wildman–Crippen MR) is 158 cm³/mol. The number of thiazole rings is 1. The van der Waals surface area contributed by atoms with E-state index in [2.05, 4.69) is 15.6 Å². The van der Waals surface area contributed by atoms with Crippen LogP contribution in [0.4, 0.5) is 9.93 Å². The predicted octanol–water partition coefficient (Wildman–Crippen LogP) is 4.07. The van der Waals surface area contributed by atoms with Gasteiger partial charge in [0.1, 0.15) is 5.54 Å². The van der Waals surface area contributed by atoms with E-state index in [1.165, 1.54) is 16.2 Å². The third-order valence-electron chi connectivity index (χ3n) is 7.18. The van der Waals surface area contributed by atoms with Crippen molar-refractivity contribution in [2.24, 2.45) is 0 Å². The number of carbonyl (C=O) groups excluding carboxylic acids is 3. The first kappa shape index (κ1) is 28.5.